The summed E-state index contributed by atoms with van der Waals surface area (Å²) < 4.78 is 0. The number of aliphatic carboxylic acids is 3. The van der Waals surface area contributed by atoms with Crippen LogP contribution in [0.25, 0.3) is 0 Å². The topological polar surface area (TPSA) is 414 Å². The van der Waals surface area contributed by atoms with Crippen molar-refractivity contribution in [3.63, 3.8) is 0 Å². The molecule has 9 atom stereocenters. The highest BCUT2D eigenvalue weighted by Crippen LogP contribution is 2.14. The fourth-order valence-corrected chi connectivity index (χ4v) is 8.00. The Hall–Kier alpha value is -6.83. The molecule has 0 bridgehead atoms. The summed E-state index contributed by atoms with van der Waals surface area (Å²) in [6.07, 6.45) is -0.847. The van der Waals surface area contributed by atoms with Gasteiger partial charge in [-0.1, -0.05) is 85.7 Å². The minimum atomic E-state index is -1.80. The monoisotopic (exact) mass is 1090 g/mol. The molecule has 0 fully saturated rings. The quantitative estimate of drug-likeness (QED) is 0.0394. The van der Waals surface area contributed by atoms with Gasteiger partial charge in [-0.2, -0.15) is 11.8 Å². The molecule has 0 saturated heterocycles. The fourth-order valence-electron chi connectivity index (χ4n) is 7.53. The van der Waals surface area contributed by atoms with E-state index in [-0.39, 0.29) is 50.4 Å². The van der Waals surface area contributed by atoms with Crippen molar-refractivity contribution < 1.29 is 72.9 Å². The summed E-state index contributed by atoms with van der Waals surface area (Å²) in [4.78, 5) is 157. The second kappa shape index (κ2) is 34.0. The maximum Gasteiger partial charge on any atom is 0.326 e. The number of thioether (sulfide) groups is 1. The van der Waals surface area contributed by atoms with Crippen molar-refractivity contribution in [2.75, 3.05) is 12.0 Å². The van der Waals surface area contributed by atoms with Gasteiger partial charge in [-0.3, -0.25) is 52.7 Å². The molecule has 1 aromatic carbocycles. The molecular formula is C50H80N10O15S. The smallest absolute Gasteiger partial charge is 0.326 e. The molecule has 426 valence electrons. The van der Waals surface area contributed by atoms with Crippen LogP contribution in [0.3, 0.4) is 0 Å². The highest BCUT2D eigenvalue weighted by Gasteiger charge is 2.37. The molecule has 0 aliphatic carbocycles. The Morgan fingerprint density at radius 1 is 0.487 bits per heavy atom. The van der Waals surface area contributed by atoms with Gasteiger partial charge in [-0.05, 0) is 79.8 Å². The number of primary amides is 1. The second-order valence-electron chi connectivity index (χ2n) is 20.0. The molecule has 1 aromatic rings. The maximum absolute atomic E-state index is 14.1. The normalized spacial score (nSPS) is 14.8. The van der Waals surface area contributed by atoms with E-state index in [1.807, 2.05) is 6.07 Å². The summed E-state index contributed by atoms with van der Waals surface area (Å²) in [7, 11) is 0. The lowest BCUT2D eigenvalue weighted by atomic mass is 9.98. The number of carbonyl (C=O) groups excluding carboxylic acids is 9. The van der Waals surface area contributed by atoms with Crippen LogP contribution in [0.15, 0.2) is 30.3 Å². The van der Waals surface area contributed by atoms with Crippen LogP contribution in [0.4, 0.5) is 0 Å². The lowest BCUT2D eigenvalue weighted by molar-refractivity contribution is -0.145. The molecular weight excluding hydrogens is 1010 g/mol. The van der Waals surface area contributed by atoms with Gasteiger partial charge in [-0.25, -0.2) is 4.79 Å². The zero-order valence-corrected chi connectivity index (χ0v) is 45.6. The molecule has 76 heavy (non-hydrogen) atoms. The number of carboxylic acids is 3. The number of hydrogen-bond acceptors (Lipinski definition) is 14. The number of amides is 9. The van der Waals surface area contributed by atoms with Gasteiger partial charge in [0, 0.05) is 12.8 Å². The first kappa shape index (κ1) is 67.2. The van der Waals surface area contributed by atoms with E-state index in [4.69, 9.17) is 11.5 Å². The van der Waals surface area contributed by atoms with E-state index < -0.39 is 157 Å². The number of carbonyl (C=O) groups is 12. The molecule has 0 radical (unpaired) electrons. The Balaban J connectivity index is 3.46. The van der Waals surface area contributed by atoms with E-state index >= 15 is 0 Å². The summed E-state index contributed by atoms with van der Waals surface area (Å²) in [6.45, 7) is 12.9. The predicted molar refractivity (Wildman–Crippen MR) is 280 cm³/mol. The Bertz CT molecular complexity index is 2160. The van der Waals surface area contributed by atoms with Crippen LogP contribution in [0.2, 0.25) is 0 Å². The van der Waals surface area contributed by atoms with Crippen LogP contribution < -0.4 is 54.0 Å². The van der Waals surface area contributed by atoms with Crippen molar-refractivity contribution in [1.82, 2.24) is 42.5 Å². The molecule has 0 heterocycles. The van der Waals surface area contributed by atoms with Crippen LogP contribution in [0.1, 0.15) is 112 Å². The van der Waals surface area contributed by atoms with Gasteiger partial charge in [0.25, 0.3) is 0 Å². The first-order valence-electron chi connectivity index (χ1n) is 25.1. The van der Waals surface area contributed by atoms with Crippen LogP contribution in [-0.2, 0) is 64.0 Å². The van der Waals surface area contributed by atoms with Crippen molar-refractivity contribution in [2.24, 2.45) is 35.1 Å². The van der Waals surface area contributed by atoms with E-state index in [9.17, 15) is 72.9 Å². The van der Waals surface area contributed by atoms with Gasteiger partial charge >= 0.3 is 17.9 Å². The van der Waals surface area contributed by atoms with Crippen molar-refractivity contribution in [3.05, 3.63) is 35.9 Å². The maximum atomic E-state index is 14.1. The summed E-state index contributed by atoms with van der Waals surface area (Å²) in [5.74, 6) is -14.0. The van der Waals surface area contributed by atoms with Crippen LogP contribution in [0, 0.1) is 23.7 Å². The molecule has 0 aliphatic rings. The van der Waals surface area contributed by atoms with Gasteiger partial charge in [0.1, 0.15) is 48.3 Å². The lowest BCUT2D eigenvalue weighted by Crippen LogP contribution is -2.61. The van der Waals surface area contributed by atoms with Gasteiger partial charge in [0.2, 0.25) is 53.2 Å². The molecule has 1 rings (SSSR count). The summed E-state index contributed by atoms with van der Waals surface area (Å²) >= 11 is 1.40. The van der Waals surface area contributed by atoms with Gasteiger partial charge in [0.05, 0.1) is 12.5 Å². The summed E-state index contributed by atoms with van der Waals surface area (Å²) in [5, 5.41) is 48.5. The number of nitrogens with one attached hydrogen (secondary N) is 8. The fraction of sp³-hybridized carbons (Fsp3) is 0.640. The molecule has 25 nitrogen and oxygen atoms in total. The lowest BCUT2D eigenvalue weighted by Gasteiger charge is -2.30. The highest BCUT2D eigenvalue weighted by molar-refractivity contribution is 7.98. The first-order chi connectivity index (χ1) is 35.5. The number of nitrogens with two attached hydrogens (primary N) is 2. The molecule has 9 amide bonds. The van der Waals surface area contributed by atoms with Crippen molar-refractivity contribution in [3.8, 4) is 0 Å². The van der Waals surface area contributed by atoms with Gasteiger partial charge in [-0.15, -0.1) is 0 Å². The van der Waals surface area contributed by atoms with Gasteiger partial charge in [0.15, 0.2) is 0 Å². The van der Waals surface area contributed by atoms with Crippen LogP contribution in [0.5, 0.6) is 0 Å². The first-order valence-corrected chi connectivity index (χ1v) is 26.5. The van der Waals surface area contributed by atoms with E-state index in [2.05, 4.69) is 42.5 Å². The molecule has 15 N–H and O–H groups in total. The highest BCUT2D eigenvalue weighted by atomic mass is 32.2. The van der Waals surface area contributed by atoms with Crippen LogP contribution >= 0.6 is 11.8 Å². The zero-order valence-electron chi connectivity index (χ0n) is 44.8. The number of carboxylic acid groups (broad SMARTS) is 3. The third-order valence-electron chi connectivity index (χ3n) is 11.6. The number of hydrogen-bond donors (Lipinski definition) is 13. The molecule has 0 aromatic heterocycles. The standard InChI is InChI=1S/C50H80N10O15S/c1-25(2)21-34(46(70)58-36(24-39(64)65)48(72)60-41(28(7)8)50(74)75)56-44(68)32(16-18-38(62)63)55-49(73)40(27(5)6)59-47(71)35(22-26(3)4)57-43(67)31(15-17-37(52)61)54-45(69)33(19-20-76-9)53-42(66)30(51)23-29-13-11-10-12-14-29/h10-14,25-28,30-36,40-41H,15-24,51H2,1-9H3,(H2,52,61)(H,53,66)(H,54,69)(H,55,73)(H,56,68)(H,57,67)(H,58,70)(H,59,71)(H,60,72)(H,62,63)(H,64,65)(H,74,75)/t30-,31-,32-,33-,34-,35-,36-,40-,41-/m0/s1. The largest absolute Gasteiger partial charge is 0.481 e. The average molecular weight is 1090 g/mol. The minimum absolute atomic E-state index is 0.0119. The van der Waals surface area contributed by atoms with Crippen molar-refractivity contribution in [2.45, 2.75) is 168 Å². The van der Waals surface area contributed by atoms with Crippen molar-refractivity contribution >= 4 is 82.8 Å². The Labute approximate surface area is 447 Å². The molecule has 0 spiro atoms. The third-order valence-corrected chi connectivity index (χ3v) is 12.3. The van der Waals surface area contributed by atoms with Gasteiger partial charge < -0.3 is 69.3 Å². The SMILES string of the molecule is CSCC[C@H](NC(=O)[C@@H](N)Cc1ccccc1)C(=O)N[C@@H](CCC(N)=O)C(=O)N[C@@H](CC(C)C)C(=O)N[C@H](C(=O)N[C@@H](CCC(=O)O)C(=O)N[C@@H](CC(C)C)C(=O)N[C@@H](CC(=O)O)C(=O)N[C@H](C(=O)O)C(C)C)C(C)C. The van der Waals surface area contributed by atoms with Crippen LogP contribution in [-0.4, -0.2) is 153 Å². The third kappa shape index (κ3) is 25.6. The molecule has 0 saturated carbocycles. The van der Waals surface area contributed by atoms with Crippen molar-refractivity contribution in [1.29, 1.82) is 0 Å². The molecule has 26 heteroatoms. The predicted octanol–water partition coefficient (Wildman–Crippen LogP) is -0.718. The second-order valence-corrected chi connectivity index (χ2v) is 21.0. The van der Waals surface area contributed by atoms with E-state index in [0.717, 1.165) is 5.56 Å². The van der Waals surface area contributed by atoms with E-state index in [1.165, 1.54) is 25.6 Å². The Morgan fingerprint density at radius 3 is 1.32 bits per heavy atom. The summed E-state index contributed by atoms with van der Waals surface area (Å²) in [6, 6.07) is -3.87. The zero-order chi connectivity index (χ0) is 58.0. The summed E-state index contributed by atoms with van der Waals surface area (Å²) in [5.41, 5.74) is 12.4. The average Bonchev–Trinajstić information content (AvgIpc) is 3.31. The number of rotatable bonds is 36. The molecule has 0 unspecified atom stereocenters. The van der Waals surface area contributed by atoms with E-state index in [0.29, 0.717) is 5.75 Å². The molecule has 0 aliphatic heterocycles. The minimum Gasteiger partial charge on any atom is -0.481 e. The Morgan fingerprint density at radius 2 is 0.882 bits per heavy atom. The number of benzene rings is 1. The Kier molecular flexibility index (Phi) is 30.0. The van der Waals surface area contributed by atoms with E-state index in [1.54, 1.807) is 72.1 Å².